The molecule has 0 bridgehead atoms. The highest BCUT2D eigenvalue weighted by Gasteiger charge is 2.16. The zero-order valence-electron chi connectivity index (χ0n) is 14.5. The van der Waals surface area contributed by atoms with Gasteiger partial charge in [-0.25, -0.2) is 9.97 Å². The fourth-order valence-corrected chi connectivity index (χ4v) is 2.86. The summed E-state index contributed by atoms with van der Waals surface area (Å²) in [6.45, 7) is 1.84. The summed E-state index contributed by atoms with van der Waals surface area (Å²) in [4.78, 5) is 24.7. The van der Waals surface area contributed by atoms with Crippen LogP contribution in [0.25, 0.3) is 16.8 Å². The van der Waals surface area contributed by atoms with E-state index >= 15 is 0 Å². The number of carbonyl (C=O) groups is 1. The summed E-state index contributed by atoms with van der Waals surface area (Å²) in [7, 11) is 0. The molecule has 3 heterocycles. The van der Waals surface area contributed by atoms with Crippen molar-refractivity contribution < 1.29 is 9.18 Å². The molecular formula is C21H15FN4O. The van der Waals surface area contributed by atoms with E-state index in [1.165, 1.54) is 6.20 Å². The molecular weight excluding hydrogens is 343 g/mol. The number of halogens is 1. The summed E-state index contributed by atoms with van der Waals surface area (Å²) in [5, 5.41) is 0. The zero-order chi connectivity index (χ0) is 18.8. The first-order chi connectivity index (χ1) is 13.1. The fourth-order valence-electron chi connectivity index (χ4n) is 2.86. The molecule has 6 heteroatoms. The molecule has 1 aromatic carbocycles. The van der Waals surface area contributed by atoms with E-state index in [4.69, 9.17) is 0 Å². The number of hydrogen-bond donors (Lipinski definition) is 0. The van der Waals surface area contributed by atoms with E-state index in [2.05, 4.69) is 15.0 Å². The van der Waals surface area contributed by atoms with Gasteiger partial charge in [0.25, 0.3) is 0 Å². The topological polar surface area (TPSA) is 60.7 Å². The Kier molecular flexibility index (Phi) is 4.30. The number of aryl methyl sites for hydroxylation is 1. The predicted octanol–water partition coefficient (Wildman–Crippen LogP) is 4.01. The molecule has 0 N–H and O–H groups in total. The van der Waals surface area contributed by atoms with Crippen LogP contribution in [0.3, 0.4) is 0 Å². The number of aromatic nitrogens is 4. The standard InChI is InChI=1S/C21H15FN4O/c1-14-5-3-9-23-19(14)20(27)18-12-26(13-25-18)16-7-2-6-15(11-16)17-8-4-10-24-21(17)22/h2-13H,1H3. The second-order valence-electron chi connectivity index (χ2n) is 6.06. The first kappa shape index (κ1) is 16.8. The van der Waals surface area contributed by atoms with Crippen LogP contribution in [0.5, 0.6) is 0 Å². The number of pyridine rings is 2. The Labute approximate surface area is 155 Å². The van der Waals surface area contributed by atoms with Gasteiger partial charge in [-0.15, -0.1) is 0 Å². The Morgan fingerprint density at radius 1 is 1.00 bits per heavy atom. The van der Waals surface area contributed by atoms with Crippen molar-refractivity contribution in [3.8, 4) is 16.8 Å². The third-order valence-corrected chi connectivity index (χ3v) is 4.25. The van der Waals surface area contributed by atoms with Crippen LogP contribution in [0.1, 0.15) is 21.7 Å². The molecule has 0 saturated carbocycles. The van der Waals surface area contributed by atoms with Crippen molar-refractivity contribution in [2.75, 3.05) is 0 Å². The molecule has 0 fully saturated rings. The van der Waals surface area contributed by atoms with E-state index in [9.17, 15) is 9.18 Å². The van der Waals surface area contributed by atoms with E-state index in [-0.39, 0.29) is 5.78 Å². The minimum absolute atomic E-state index is 0.235. The molecule has 0 radical (unpaired) electrons. The monoisotopic (exact) mass is 358 g/mol. The Balaban J connectivity index is 1.68. The van der Waals surface area contributed by atoms with Gasteiger partial charge in [0, 0.05) is 29.8 Å². The Bertz CT molecular complexity index is 1140. The fraction of sp³-hybridized carbons (Fsp3) is 0.0476. The second-order valence-corrected chi connectivity index (χ2v) is 6.06. The normalized spacial score (nSPS) is 10.7. The number of nitrogens with zero attached hydrogens (tertiary/aromatic N) is 4. The van der Waals surface area contributed by atoms with Crippen LogP contribution < -0.4 is 0 Å². The van der Waals surface area contributed by atoms with E-state index in [1.807, 2.05) is 37.3 Å². The van der Waals surface area contributed by atoms with Crippen LogP contribution in [0.4, 0.5) is 4.39 Å². The SMILES string of the molecule is Cc1cccnc1C(=O)c1cn(-c2cccc(-c3cccnc3F)c2)cn1. The van der Waals surface area contributed by atoms with Crippen LogP contribution >= 0.6 is 0 Å². The molecule has 3 aromatic heterocycles. The maximum absolute atomic E-state index is 14.0. The Morgan fingerprint density at radius 3 is 2.63 bits per heavy atom. The molecule has 0 atom stereocenters. The largest absolute Gasteiger partial charge is 0.306 e. The molecule has 0 aliphatic carbocycles. The molecule has 0 unspecified atom stereocenters. The van der Waals surface area contributed by atoms with Crippen molar-refractivity contribution in [1.82, 2.24) is 19.5 Å². The number of imidazole rings is 1. The lowest BCUT2D eigenvalue weighted by Gasteiger charge is -2.06. The number of benzene rings is 1. The molecule has 0 spiro atoms. The highest BCUT2D eigenvalue weighted by Crippen LogP contribution is 2.24. The summed E-state index contributed by atoms with van der Waals surface area (Å²) in [5.74, 6) is -0.761. The van der Waals surface area contributed by atoms with Crippen molar-refractivity contribution in [1.29, 1.82) is 0 Å². The van der Waals surface area contributed by atoms with Gasteiger partial charge in [0.2, 0.25) is 11.7 Å². The summed E-state index contributed by atoms with van der Waals surface area (Å²) in [6, 6.07) is 14.3. The third-order valence-electron chi connectivity index (χ3n) is 4.25. The smallest absolute Gasteiger partial charge is 0.231 e. The summed E-state index contributed by atoms with van der Waals surface area (Å²) < 4.78 is 15.7. The van der Waals surface area contributed by atoms with Crippen molar-refractivity contribution in [2.45, 2.75) is 6.92 Å². The lowest BCUT2D eigenvalue weighted by molar-refractivity contribution is 0.102. The van der Waals surface area contributed by atoms with Gasteiger partial charge in [0.1, 0.15) is 17.7 Å². The molecule has 0 amide bonds. The highest BCUT2D eigenvalue weighted by atomic mass is 19.1. The van der Waals surface area contributed by atoms with E-state index in [0.717, 1.165) is 11.3 Å². The molecule has 0 saturated heterocycles. The molecule has 27 heavy (non-hydrogen) atoms. The van der Waals surface area contributed by atoms with Crippen molar-refractivity contribution in [2.24, 2.45) is 0 Å². The van der Waals surface area contributed by atoms with Gasteiger partial charge in [-0.1, -0.05) is 18.2 Å². The Hall–Kier alpha value is -3.67. The van der Waals surface area contributed by atoms with Gasteiger partial charge in [-0.2, -0.15) is 4.39 Å². The van der Waals surface area contributed by atoms with Crippen LogP contribution in [-0.2, 0) is 0 Å². The minimum Gasteiger partial charge on any atom is -0.306 e. The van der Waals surface area contributed by atoms with Crippen LogP contribution in [0.2, 0.25) is 0 Å². The molecule has 4 rings (SSSR count). The first-order valence-electron chi connectivity index (χ1n) is 8.35. The van der Waals surface area contributed by atoms with Crippen LogP contribution in [0, 0.1) is 12.9 Å². The van der Waals surface area contributed by atoms with Gasteiger partial charge in [0.05, 0.1) is 0 Å². The molecule has 5 nitrogen and oxygen atoms in total. The predicted molar refractivity (Wildman–Crippen MR) is 99.2 cm³/mol. The summed E-state index contributed by atoms with van der Waals surface area (Å²) in [6.07, 6.45) is 6.21. The maximum atomic E-state index is 14.0. The van der Waals surface area contributed by atoms with Crippen LogP contribution in [-0.4, -0.2) is 25.3 Å². The lowest BCUT2D eigenvalue weighted by Crippen LogP contribution is -2.06. The lowest BCUT2D eigenvalue weighted by atomic mass is 10.1. The van der Waals surface area contributed by atoms with E-state index in [0.29, 0.717) is 22.5 Å². The number of ketones is 1. The average Bonchev–Trinajstić information content (AvgIpc) is 3.19. The average molecular weight is 358 g/mol. The zero-order valence-corrected chi connectivity index (χ0v) is 14.5. The molecule has 132 valence electrons. The highest BCUT2D eigenvalue weighted by molar-refractivity contribution is 6.07. The summed E-state index contributed by atoms with van der Waals surface area (Å²) >= 11 is 0. The summed E-state index contributed by atoms with van der Waals surface area (Å²) in [5.41, 5.74) is 3.36. The molecule has 0 aliphatic heterocycles. The van der Waals surface area contributed by atoms with Gasteiger partial charge in [-0.05, 0) is 48.4 Å². The van der Waals surface area contributed by atoms with Crippen molar-refractivity contribution in [3.05, 3.63) is 96.3 Å². The van der Waals surface area contributed by atoms with E-state index in [1.54, 1.807) is 41.5 Å². The number of hydrogen-bond acceptors (Lipinski definition) is 4. The van der Waals surface area contributed by atoms with Crippen molar-refractivity contribution in [3.63, 3.8) is 0 Å². The van der Waals surface area contributed by atoms with Crippen LogP contribution in [0.15, 0.2) is 73.4 Å². The minimum atomic E-state index is -0.526. The Morgan fingerprint density at radius 2 is 1.81 bits per heavy atom. The van der Waals surface area contributed by atoms with Crippen molar-refractivity contribution >= 4 is 5.78 Å². The van der Waals surface area contributed by atoms with Gasteiger partial charge in [0.15, 0.2) is 0 Å². The van der Waals surface area contributed by atoms with Gasteiger partial charge >= 0.3 is 0 Å². The number of carbonyl (C=O) groups excluding carboxylic acids is 1. The second kappa shape index (κ2) is 6.92. The molecule has 4 aromatic rings. The maximum Gasteiger partial charge on any atom is 0.231 e. The first-order valence-corrected chi connectivity index (χ1v) is 8.35. The molecule has 0 aliphatic rings. The van der Waals surface area contributed by atoms with Gasteiger partial charge < -0.3 is 4.57 Å². The number of rotatable bonds is 4. The quantitative estimate of drug-likeness (QED) is 0.408. The third kappa shape index (κ3) is 3.25. The van der Waals surface area contributed by atoms with Gasteiger partial charge in [-0.3, -0.25) is 9.78 Å². The van der Waals surface area contributed by atoms with E-state index < -0.39 is 5.95 Å².